The molecule has 1 aliphatic rings. The standard InChI is InChI=1S/C21H25BrN2O5/c1-21(2,3)29-20(27)24-10-5-6-16(24)19(26)28-12-17(25)14-7-8-15(22)13-9-11-23(4)18(13)14/h7-9,11,16H,5-6,10,12H2,1-4H3/t16-/m0/s1. The Morgan fingerprint density at radius 1 is 1.21 bits per heavy atom. The first-order chi connectivity index (χ1) is 13.6. The van der Waals surface area contributed by atoms with Crippen LogP contribution in [0.2, 0.25) is 0 Å². The Bertz CT molecular complexity index is 960. The van der Waals surface area contributed by atoms with Crippen molar-refractivity contribution < 1.29 is 23.9 Å². The lowest BCUT2D eigenvalue weighted by atomic mass is 10.1. The van der Waals surface area contributed by atoms with Crippen molar-refractivity contribution >= 4 is 44.7 Å². The van der Waals surface area contributed by atoms with Crippen LogP contribution in [0.15, 0.2) is 28.9 Å². The van der Waals surface area contributed by atoms with Gasteiger partial charge in [0.25, 0.3) is 0 Å². The number of nitrogens with zero attached hydrogens (tertiary/aromatic N) is 2. The quantitative estimate of drug-likeness (QED) is 0.503. The number of hydrogen-bond acceptors (Lipinski definition) is 5. The normalized spacial score (nSPS) is 16.9. The maximum Gasteiger partial charge on any atom is 0.411 e. The van der Waals surface area contributed by atoms with Crippen molar-refractivity contribution in [2.45, 2.75) is 45.3 Å². The van der Waals surface area contributed by atoms with Crippen molar-refractivity contribution in [3.63, 3.8) is 0 Å². The number of fused-ring (bicyclic) bond motifs is 1. The van der Waals surface area contributed by atoms with E-state index in [2.05, 4.69) is 15.9 Å². The Kier molecular flexibility index (Phi) is 6.03. The summed E-state index contributed by atoms with van der Waals surface area (Å²) in [6.07, 6.45) is 2.51. The van der Waals surface area contributed by atoms with Gasteiger partial charge in [0.2, 0.25) is 5.78 Å². The van der Waals surface area contributed by atoms with Crippen molar-refractivity contribution in [2.24, 2.45) is 7.05 Å². The number of aromatic nitrogens is 1. The summed E-state index contributed by atoms with van der Waals surface area (Å²) < 4.78 is 13.4. The summed E-state index contributed by atoms with van der Waals surface area (Å²) in [5.74, 6) is -0.874. The third-order valence-corrected chi connectivity index (χ3v) is 5.47. The molecule has 0 radical (unpaired) electrons. The Balaban J connectivity index is 1.68. The van der Waals surface area contributed by atoms with Gasteiger partial charge in [-0.05, 0) is 51.8 Å². The highest BCUT2D eigenvalue weighted by Crippen LogP contribution is 2.28. The van der Waals surface area contributed by atoms with Gasteiger partial charge in [-0.2, -0.15) is 0 Å². The topological polar surface area (TPSA) is 77.8 Å². The third-order valence-electron chi connectivity index (χ3n) is 4.78. The molecule has 29 heavy (non-hydrogen) atoms. The van der Waals surface area contributed by atoms with Crippen LogP contribution in [0.3, 0.4) is 0 Å². The number of carbonyl (C=O) groups excluding carboxylic acids is 3. The van der Waals surface area contributed by atoms with E-state index in [-0.39, 0.29) is 12.4 Å². The number of benzene rings is 1. The number of aryl methyl sites for hydroxylation is 1. The Hall–Kier alpha value is -2.35. The van der Waals surface area contributed by atoms with Crippen molar-refractivity contribution in [3.8, 4) is 0 Å². The summed E-state index contributed by atoms with van der Waals surface area (Å²) in [5, 5.41) is 0.913. The molecule has 1 aromatic carbocycles. The second-order valence-corrected chi connectivity index (χ2v) is 9.00. The first-order valence-corrected chi connectivity index (χ1v) is 10.3. The average Bonchev–Trinajstić information content (AvgIpc) is 3.26. The molecule has 7 nitrogen and oxygen atoms in total. The molecule has 0 bridgehead atoms. The van der Waals surface area contributed by atoms with Crippen LogP contribution in [0.5, 0.6) is 0 Å². The van der Waals surface area contributed by atoms with E-state index < -0.39 is 23.7 Å². The van der Waals surface area contributed by atoms with Crippen LogP contribution in [0.4, 0.5) is 4.79 Å². The number of esters is 1. The van der Waals surface area contributed by atoms with Gasteiger partial charge in [0.1, 0.15) is 11.6 Å². The molecule has 1 amide bonds. The molecule has 0 aliphatic carbocycles. The van der Waals surface area contributed by atoms with Crippen LogP contribution in [-0.4, -0.2) is 52.1 Å². The predicted molar refractivity (Wildman–Crippen MR) is 112 cm³/mol. The summed E-state index contributed by atoms with van der Waals surface area (Å²) in [5.41, 5.74) is 0.613. The number of halogens is 1. The van der Waals surface area contributed by atoms with Gasteiger partial charge in [-0.25, -0.2) is 9.59 Å². The fraction of sp³-hybridized carbons (Fsp3) is 0.476. The molecule has 0 saturated carbocycles. The lowest BCUT2D eigenvalue weighted by molar-refractivity contribution is -0.147. The van der Waals surface area contributed by atoms with Gasteiger partial charge in [0.15, 0.2) is 6.61 Å². The zero-order chi connectivity index (χ0) is 21.3. The van der Waals surface area contributed by atoms with Crippen LogP contribution in [-0.2, 0) is 21.3 Å². The molecule has 8 heteroatoms. The number of likely N-dealkylation sites (tertiary alicyclic amines) is 1. The monoisotopic (exact) mass is 464 g/mol. The summed E-state index contributed by atoms with van der Waals surface area (Å²) in [6, 6.07) is 4.71. The summed E-state index contributed by atoms with van der Waals surface area (Å²) in [6.45, 7) is 5.37. The van der Waals surface area contributed by atoms with Crippen LogP contribution >= 0.6 is 15.9 Å². The maximum absolute atomic E-state index is 12.7. The number of ether oxygens (including phenoxy) is 2. The molecule has 3 rings (SSSR count). The lowest BCUT2D eigenvalue weighted by Crippen LogP contribution is -2.44. The Morgan fingerprint density at radius 3 is 2.62 bits per heavy atom. The second kappa shape index (κ2) is 8.18. The van der Waals surface area contributed by atoms with E-state index >= 15 is 0 Å². The second-order valence-electron chi connectivity index (χ2n) is 8.15. The van der Waals surface area contributed by atoms with Crippen LogP contribution in [0, 0.1) is 0 Å². The van der Waals surface area contributed by atoms with Gasteiger partial charge in [-0.1, -0.05) is 15.9 Å². The molecule has 1 aromatic heterocycles. The molecule has 2 aromatic rings. The van der Waals surface area contributed by atoms with Crippen LogP contribution in [0.25, 0.3) is 10.9 Å². The zero-order valence-electron chi connectivity index (χ0n) is 17.0. The van der Waals surface area contributed by atoms with Crippen LogP contribution < -0.4 is 0 Å². The minimum Gasteiger partial charge on any atom is -0.456 e. The van der Waals surface area contributed by atoms with Gasteiger partial charge in [-0.3, -0.25) is 9.69 Å². The molecule has 0 unspecified atom stereocenters. The van der Waals surface area contributed by atoms with Crippen molar-refractivity contribution in [3.05, 3.63) is 34.4 Å². The highest BCUT2D eigenvalue weighted by molar-refractivity contribution is 9.10. The van der Waals surface area contributed by atoms with Gasteiger partial charge in [0, 0.05) is 35.2 Å². The maximum atomic E-state index is 12.7. The number of amides is 1. The van der Waals surface area contributed by atoms with Gasteiger partial charge in [-0.15, -0.1) is 0 Å². The fourth-order valence-electron chi connectivity index (χ4n) is 3.47. The molecule has 0 N–H and O–H groups in total. The van der Waals surface area contributed by atoms with Crippen molar-refractivity contribution in [1.82, 2.24) is 9.47 Å². The molecule has 1 aliphatic heterocycles. The first kappa shape index (κ1) is 21.4. The minimum absolute atomic E-state index is 0.292. The molecule has 1 atom stereocenters. The van der Waals surface area contributed by atoms with E-state index in [1.165, 1.54) is 4.90 Å². The molecule has 156 valence electrons. The molecule has 1 saturated heterocycles. The SMILES string of the molecule is Cn1ccc2c(Br)ccc(C(=O)COC(=O)[C@@H]3CCCN3C(=O)OC(C)(C)C)c21. The smallest absolute Gasteiger partial charge is 0.411 e. The number of Topliss-reactive ketones (excluding diaryl/α,β-unsaturated/α-hetero) is 1. The third kappa shape index (κ3) is 4.63. The van der Waals surface area contributed by atoms with Crippen molar-refractivity contribution in [1.29, 1.82) is 0 Å². The summed E-state index contributed by atoms with van der Waals surface area (Å²) >= 11 is 3.48. The molecule has 1 fully saturated rings. The van der Waals surface area contributed by atoms with E-state index in [0.29, 0.717) is 24.9 Å². The Labute approximate surface area is 178 Å². The van der Waals surface area contributed by atoms with E-state index in [1.54, 1.807) is 32.9 Å². The Morgan fingerprint density at radius 2 is 1.93 bits per heavy atom. The molecular formula is C21H25BrN2O5. The lowest BCUT2D eigenvalue weighted by Gasteiger charge is -2.27. The molecule has 2 heterocycles. The number of ketones is 1. The number of hydrogen-bond donors (Lipinski definition) is 0. The fourth-order valence-corrected chi connectivity index (χ4v) is 3.92. The first-order valence-electron chi connectivity index (χ1n) is 9.51. The van der Waals surface area contributed by atoms with Gasteiger partial charge in [0.05, 0.1) is 5.52 Å². The van der Waals surface area contributed by atoms with E-state index in [4.69, 9.17) is 9.47 Å². The van der Waals surface area contributed by atoms with Gasteiger partial charge >= 0.3 is 12.1 Å². The number of rotatable bonds is 4. The number of carbonyl (C=O) groups is 3. The largest absolute Gasteiger partial charge is 0.456 e. The predicted octanol–water partition coefficient (Wildman–Crippen LogP) is 4.07. The minimum atomic E-state index is -0.724. The van der Waals surface area contributed by atoms with E-state index in [0.717, 1.165) is 15.4 Å². The van der Waals surface area contributed by atoms with Crippen molar-refractivity contribution in [2.75, 3.05) is 13.2 Å². The van der Waals surface area contributed by atoms with E-state index in [1.807, 2.05) is 23.9 Å². The molecule has 0 spiro atoms. The van der Waals surface area contributed by atoms with E-state index in [9.17, 15) is 14.4 Å². The highest BCUT2D eigenvalue weighted by Gasteiger charge is 2.37. The molecular weight excluding hydrogens is 440 g/mol. The van der Waals surface area contributed by atoms with Gasteiger partial charge < -0.3 is 14.0 Å². The summed E-state index contributed by atoms with van der Waals surface area (Å²) in [4.78, 5) is 39.0. The highest BCUT2D eigenvalue weighted by atomic mass is 79.9. The summed E-state index contributed by atoms with van der Waals surface area (Å²) in [7, 11) is 1.86. The average molecular weight is 465 g/mol. The van der Waals surface area contributed by atoms with Crippen LogP contribution in [0.1, 0.15) is 44.0 Å². The zero-order valence-corrected chi connectivity index (χ0v) is 18.6.